The first-order valence-electron chi connectivity index (χ1n) is 11.1. The Morgan fingerprint density at radius 2 is 1.81 bits per heavy atom. The van der Waals surface area contributed by atoms with Crippen LogP contribution >= 0.6 is 11.8 Å². The molecule has 1 unspecified atom stereocenters. The third-order valence-electron chi connectivity index (χ3n) is 6.19. The molecule has 3 aromatic carbocycles. The van der Waals surface area contributed by atoms with Crippen molar-refractivity contribution in [2.45, 2.75) is 36.4 Å². The number of hydrogen-bond acceptors (Lipinski definition) is 4. The van der Waals surface area contributed by atoms with Crippen molar-refractivity contribution in [2.24, 2.45) is 0 Å². The van der Waals surface area contributed by atoms with Crippen LogP contribution in [-0.2, 0) is 17.0 Å². The fourth-order valence-electron chi connectivity index (χ4n) is 4.57. The van der Waals surface area contributed by atoms with Crippen LogP contribution in [0, 0.1) is 0 Å². The lowest BCUT2D eigenvalue weighted by Crippen LogP contribution is -2.16. The van der Waals surface area contributed by atoms with Gasteiger partial charge in [0.25, 0.3) is 0 Å². The molecular formula is C26H24N4OS. The van der Waals surface area contributed by atoms with Crippen molar-refractivity contribution in [1.82, 2.24) is 19.7 Å². The van der Waals surface area contributed by atoms with Gasteiger partial charge in [0.1, 0.15) is 0 Å². The SMILES string of the molecule is c1ccc2c(CSc3nnc(-c4c[nH]c5ccccc45)n3CC3CCCO3)cccc2c1. The minimum atomic E-state index is 0.215. The Morgan fingerprint density at radius 1 is 0.969 bits per heavy atom. The normalized spacial score (nSPS) is 16.3. The van der Waals surface area contributed by atoms with E-state index in [2.05, 4.69) is 80.4 Å². The average Bonchev–Trinajstić information content (AvgIpc) is 3.58. The van der Waals surface area contributed by atoms with Crippen molar-refractivity contribution in [2.75, 3.05) is 6.61 Å². The van der Waals surface area contributed by atoms with E-state index >= 15 is 0 Å². The Kier molecular flexibility index (Phi) is 5.17. The molecule has 0 spiro atoms. The molecule has 1 atom stereocenters. The van der Waals surface area contributed by atoms with Gasteiger partial charge < -0.3 is 9.72 Å². The molecule has 1 aliphatic rings. The molecule has 0 aliphatic carbocycles. The molecule has 6 heteroatoms. The van der Waals surface area contributed by atoms with Crippen LogP contribution in [-0.4, -0.2) is 32.5 Å². The van der Waals surface area contributed by atoms with Crippen LogP contribution in [0.15, 0.2) is 78.1 Å². The van der Waals surface area contributed by atoms with E-state index in [1.807, 2.05) is 12.3 Å². The van der Waals surface area contributed by atoms with Gasteiger partial charge in [0.05, 0.1) is 12.6 Å². The Bertz CT molecular complexity index is 1380. The van der Waals surface area contributed by atoms with E-state index in [9.17, 15) is 0 Å². The zero-order valence-electron chi connectivity index (χ0n) is 17.7. The largest absolute Gasteiger partial charge is 0.376 e. The molecule has 1 saturated heterocycles. The van der Waals surface area contributed by atoms with Gasteiger partial charge in [-0.3, -0.25) is 4.57 Å². The van der Waals surface area contributed by atoms with Gasteiger partial charge in [-0.2, -0.15) is 0 Å². The standard InChI is InChI=1S/C26H24N4OS/c1-2-11-21-18(7-1)8-5-9-19(21)17-32-26-29-28-25(30(26)16-20-10-6-14-31-20)23-15-27-24-13-4-3-12-22(23)24/h1-5,7-9,11-13,15,20,27H,6,10,14,16-17H2. The number of nitrogens with zero attached hydrogens (tertiary/aromatic N) is 3. The number of benzene rings is 3. The number of thioether (sulfide) groups is 1. The van der Waals surface area contributed by atoms with Crippen molar-refractivity contribution >= 4 is 33.4 Å². The quantitative estimate of drug-likeness (QED) is 0.327. The van der Waals surface area contributed by atoms with Crippen LogP contribution in [0.1, 0.15) is 18.4 Å². The maximum atomic E-state index is 5.97. The summed E-state index contributed by atoms with van der Waals surface area (Å²) in [6.45, 7) is 1.62. The van der Waals surface area contributed by atoms with E-state index < -0.39 is 0 Å². The highest BCUT2D eigenvalue weighted by Crippen LogP contribution is 2.33. The highest BCUT2D eigenvalue weighted by molar-refractivity contribution is 7.98. The molecule has 0 radical (unpaired) electrons. The number of aromatic amines is 1. The van der Waals surface area contributed by atoms with Crippen molar-refractivity contribution in [3.05, 3.63) is 78.5 Å². The highest BCUT2D eigenvalue weighted by Gasteiger charge is 2.23. The number of fused-ring (bicyclic) bond motifs is 2. The van der Waals surface area contributed by atoms with Gasteiger partial charge in [0, 0.05) is 35.0 Å². The molecule has 5 nitrogen and oxygen atoms in total. The molecule has 6 rings (SSSR count). The number of para-hydroxylation sites is 1. The lowest BCUT2D eigenvalue weighted by atomic mass is 10.1. The summed E-state index contributed by atoms with van der Waals surface area (Å²) < 4.78 is 8.22. The molecule has 0 saturated carbocycles. The van der Waals surface area contributed by atoms with Crippen molar-refractivity contribution in [1.29, 1.82) is 0 Å². The molecule has 3 heterocycles. The number of H-pyrrole nitrogens is 1. The van der Waals surface area contributed by atoms with E-state index in [4.69, 9.17) is 4.74 Å². The van der Waals surface area contributed by atoms with E-state index in [-0.39, 0.29) is 6.10 Å². The predicted octanol–water partition coefficient (Wildman–Crippen LogP) is 6.05. The predicted molar refractivity (Wildman–Crippen MR) is 130 cm³/mol. The minimum Gasteiger partial charge on any atom is -0.376 e. The number of rotatable bonds is 6. The van der Waals surface area contributed by atoms with E-state index in [0.717, 1.165) is 53.8 Å². The first-order chi connectivity index (χ1) is 15.9. The van der Waals surface area contributed by atoms with Gasteiger partial charge in [-0.1, -0.05) is 72.4 Å². The third-order valence-corrected chi connectivity index (χ3v) is 7.21. The van der Waals surface area contributed by atoms with E-state index in [1.54, 1.807) is 11.8 Å². The summed E-state index contributed by atoms with van der Waals surface area (Å²) in [6, 6.07) is 23.4. The molecule has 32 heavy (non-hydrogen) atoms. The smallest absolute Gasteiger partial charge is 0.191 e. The summed E-state index contributed by atoms with van der Waals surface area (Å²) in [6.07, 6.45) is 4.46. The summed E-state index contributed by atoms with van der Waals surface area (Å²) >= 11 is 1.75. The maximum absolute atomic E-state index is 5.97. The average molecular weight is 441 g/mol. The van der Waals surface area contributed by atoms with Gasteiger partial charge in [0.2, 0.25) is 0 Å². The minimum absolute atomic E-state index is 0.215. The summed E-state index contributed by atoms with van der Waals surface area (Å²) in [4.78, 5) is 3.38. The van der Waals surface area contributed by atoms with Crippen molar-refractivity contribution in [3.63, 3.8) is 0 Å². The first-order valence-corrected chi connectivity index (χ1v) is 12.1. The Labute approximate surface area is 190 Å². The zero-order chi connectivity index (χ0) is 21.3. The van der Waals surface area contributed by atoms with Crippen LogP contribution in [0.2, 0.25) is 0 Å². The Balaban J connectivity index is 1.36. The van der Waals surface area contributed by atoms with Crippen LogP contribution in [0.4, 0.5) is 0 Å². The fraction of sp³-hybridized carbons (Fsp3) is 0.231. The Morgan fingerprint density at radius 3 is 2.72 bits per heavy atom. The molecule has 1 N–H and O–H groups in total. The Hall–Kier alpha value is -3.09. The second-order valence-corrected chi connectivity index (χ2v) is 9.17. The monoisotopic (exact) mass is 440 g/mol. The molecule has 2 aromatic heterocycles. The summed E-state index contributed by atoms with van der Waals surface area (Å²) in [5.41, 5.74) is 3.51. The van der Waals surface area contributed by atoms with Crippen LogP contribution < -0.4 is 0 Å². The van der Waals surface area contributed by atoms with E-state index in [0.29, 0.717) is 0 Å². The molecule has 160 valence electrons. The van der Waals surface area contributed by atoms with Crippen LogP contribution in [0.25, 0.3) is 33.1 Å². The third kappa shape index (κ3) is 3.59. The second-order valence-electron chi connectivity index (χ2n) is 8.23. The van der Waals surface area contributed by atoms with E-state index in [1.165, 1.54) is 21.7 Å². The van der Waals surface area contributed by atoms with Crippen LogP contribution in [0.5, 0.6) is 0 Å². The molecular weight excluding hydrogens is 416 g/mol. The zero-order valence-corrected chi connectivity index (χ0v) is 18.5. The van der Waals surface area contributed by atoms with Crippen LogP contribution in [0.3, 0.4) is 0 Å². The first kappa shape index (κ1) is 19.6. The number of nitrogens with one attached hydrogen (secondary N) is 1. The fourth-order valence-corrected chi connectivity index (χ4v) is 5.52. The molecule has 5 aromatic rings. The summed E-state index contributed by atoms with van der Waals surface area (Å²) in [7, 11) is 0. The van der Waals surface area contributed by atoms with Gasteiger partial charge in [-0.15, -0.1) is 10.2 Å². The second kappa shape index (κ2) is 8.45. The summed E-state index contributed by atoms with van der Waals surface area (Å²) in [5, 5.41) is 13.9. The maximum Gasteiger partial charge on any atom is 0.191 e. The van der Waals surface area contributed by atoms with Crippen molar-refractivity contribution < 1.29 is 4.74 Å². The molecule has 1 aliphatic heterocycles. The number of hydrogen-bond donors (Lipinski definition) is 1. The number of aromatic nitrogens is 4. The van der Waals surface area contributed by atoms with Gasteiger partial charge in [0.15, 0.2) is 11.0 Å². The topological polar surface area (TPSA) is 55.7 Å². The van der Waals surface area contributed by atoms with Gasteiger partial charge in [-0.25, -0.2) is 0 Å². The highest BCUT2D eigenvalue weighted by atomic mass is 32.2. The molecule has 0 amide bonds. The van der Waals surface area contributed by atoms with Gasteiger partial charge in [-0.05, 0) is 35.2 Å². The summed E-state index contributed by atoms with van der Waals surface area (Å²) in [5.74, 6) is 1.75. The van der Waals surface area contributed by atoms with Crippen molar-refractivity contribution in [3.8, 4) is 11.4 Å². The molecule has 1 fully saturated rings. The molecule has 0 bridgehead atoms. The number of ether oxygens (including phenoxy) is 1. The lowest BCUT2D eigenvalue weighted by molar-refractivity contribution is 0.0953. The lowest BCUT2D eigenvalue weighted by Gasteiger charge is -2.15. The van der Waals surface area contributed by atoms with Gasteiger partial charge >= 0.3 is 0 Å².